The van der Waals surface area contributed by atoms with Crippen molar-refractivity contribution in [2.45, 2.75) is 25.0 Å². The van der Waals surface area contributed by atoms with Crippen LogP contribution in [0.3, 0.4) is 0 Å². The Morgan fingerprint density at radius 1 is 0.920 bits per heavy atom. The molecule has 1 aliphatic rings. The average Bonchev–Trinajstić information content (AvgIpc) is 2.59. The largest absolute Gasteiger partial charge is 0.372 e. The Bertz CT molecular complexity index is 833. The molecule has 0 radical (unpaired) electrons. The van der Waals surface area contributed by atoms with Crippen molar-refractivity contribution in [3.8, 4) is 0 Å². The summed E-state index contributed by atoms with van der Waals surface area (Å²) >= 11 is 11.8. The molecule has 0 atom stereocenters. The van der Waals surface area contributed by atoms with Gasteiger partial charge in [0.25, 0.3) is 0 Å². The van der Waals surface area contributed by atoms with Crippen LogP contribution in [0.15, 0.2) is 42.5 Å². The molecule has 0 saturated carbocycles. The molecule has 0 aromatic heterocycles. The van der Waals surface area contributed by atoms with Crippen LogP contribution in [-0.2, 0) is 15.8 Å². The molecule has 134 valence electrons. The van der Waals surface area contributed by atoms with Gasteiger partial charge in [-0.05, 0) is 61.2 Å². The SMILES string of the molecule is O=S(=O)(Cc1ccc(Cl)c(Cl)c1)Nc1ccc(N2CCCCC2)cc1. The quantitative estimate of drug-likeness (QED) is 0.776. The van der Waals surface area contributed by atoms with E-state index in [0.29, 0.717) is 21.3 Å². The first-order chi connectivity index (χ1) is 11.9. The van der Waals surface area contributed by atoms with Gasteiger partial charge in [-0.25, -0.2) is 8.42 Å². The molecule has 1 fully saturated rings. The Balaban J connectivity index is 1.66. The van der Waals surface area contributed by atoms with E-state index in [9.17, 15) is 8.42 Å². The summed E-state index contributed by atoms with van der Waals surface area (Å²) in [4.78, 5) is 2.33. The van der Waals surface area contributed by atoms with Crippen LogP contribution >= 0.6 is 23.2 Å². The lowest BCUT2D eigenvalue weighted by molar-refractivity contribution is 0.578. The summed E-state index contributed by atoms with van der Waals surface area (Å²) in [5, 5.41) is 0.754. The van der Waals surface area contributed by atoms with E-state index in [2.05, 4.69) is 9.62 Å². The lowest BCUT2D eigenvalue weighted by Crippen LogP contribution is -2.29. The number of nitrogens with zero attached hydrogens (tertiary/aromatic N) is 1. The predicted octanol–water partition coefficient (Wildman–Crippen LogP) is 4.93. The summed E-state index contributed by atoms with van der Waals surface area (Å²) < 4.78 is 27.3. The standard InChI is InChI=1S/C18H20Cl2N2O2S/c19-17-9-4-14(12-18(17)20)13-25(23,24)21-15-5-7-16(8-6-15)22-10-2-1-3-11-22/h4-9,12,21H,1-3,10-11,13H2. The van der Waals surface area contributed by atoms with E-state index < -0.39 is 10.0 Å². The minimum atomic E-state index is -3.52. The van der Waals surface area contributed by atoms with E-state index in [1.165, 1.54) is 19.3 Å². The van der Waals surface area contributed by atoms with Gasteiger partial charge in [-0.3, -0.25) is 4.72 Å². The van der Waals surface area contributed by atoms with E-state index >= 15 is 0 Å². The van der Waals surface area contributed by atoms with Crippen LogP contribution < -0.4 is 9.62 Å². The zero-order valence-corrected chi connectivity index (χ0v) is 16.0. The van der Waals surface area contributed by atoms with E-state index in [4.69, 9.17) is 23.2 Å². The number of benzene rings is 2. The molecule has 7 heteroatoms. The Morgan fingerprint density at radius 2 is 1.60 bits per heavy atom. The fraction of sp³-hybridized carbons (Fsp3) is 0.333. The molecule has 0 amide bonds. The summed E-state index contributed by atoms with van der Waals surface area (Å²) in [6.45, 7) is 2.12. The lowest BCUT2D eigenvalue weighted by Gasteiger charge is -2.28. The van der Waals surface area contributed by atoms with Gasteiger partial charge in [0.2, 0.25) is 10.0 Å². The molecule has 1 aliphatic heterocycles. The van der Waals surface area contributed by atoms with Crippen molar-refractivity contribution in [1.82, 2.24) is 0 Å². The van der Waals surface area contributed by atoms with Crippen LogP contribution in [0, 0.1) is 0 Å². The number of halogens is 2. The third kappa shape index (κ3) is 5.03. The lowest BCUT2D eigenvalue weighted by atomic mass is 10.1. The summed E-state index contributed by atoms with van der Waals surface area (Å²) in [7, 11) is -3.52. The van der Waals surface area contributed by atoms with Crippen LogP contribution in [0.25, 0.3) is 0 Å². The summed E-state index contributed by atoms with van der Waals surface area (Å²) in [6.07, 6.45) is 3.69. The first-order valence-corrected chi connectivity index (χ1v) is 10.6. The Morgan fingerprint density at radius 3 is 2.24 bits per heavy atom. The smallest absolute Gasteiger partial charge is 0.236 e. The number of hydrogen-bond acceptors (Lipinski definition) is 3. The summed E-state index contributed by atoms with van der Waals surface area (Å²) in [5.41, 5.74) is 2.28. The van der Waals surface area contributed by atoms with Crippen molar-refractivity contribution in [3.63, 3.8) is 0 Å². The fourth-order valence-corrected chi connectivity index (χ4v) is 4.46. The minimum absolute atomic E-state index is 0.155. The number of anilines is 2. The van der Waals surface area contributed by atoms with Crippen LogP contribution in [0.4, 0.5) is 11.4 Å². The number of sulfonamides is 1. The van der Waals surface area contributed by atoms with Gasteiger partial charge in [0.1, 0.15) is 0 Å². The predicted molar refractivity (Wildman–Crippen MR) is 105 cm³/mol. The van der Waals surface area contributed by atoms with Gasteiger partial charge in [-0.1, -0.05) is 29.3 Å². The highest BCUT2D eigenvalue weighted by Crippen LogP contribution is 2.25. The minimum Gasteiger partial charge on any atom is -0.372 e. The molecule has 4 nitrogen and oxygen atoms in total. The second kappa shape index (κ2) is 7.85. The highest BCUT2D eigenvalue weighted by atomic mass is 35.5. The number of hydrogen-bond donors (Lipinski definition) is 1. The highest BCUT2D eigenvalue weighted by Gasteiger charge is 2.14. The number of nitrogens with one attached hydrogen (secondary N) is 1. The normalized spacial score (nSPS) is 15.2. The molecule has 25 heavy (non-hydrogen) atoms. The van der Waals surface area contributed by atoms with Crippen LogP contribution in [0.1, 0.15) is 24.8 Å². The number of rotatable bonds is 5. The molecule has 1 N–H and O–H groups in total. The van der Waals surface area contributed by atoms with Crippen molar-refractivity contribution in [2.75, 3.05) is 22.7 Å². The second-order valence-electron chi connectivity index (χ2n) is 6.20. The molecular weight excluding hydrogens is 379 g/mol. The molecule has 3 rings (SSSR count). The molecule has 0 unspecified atom stereocenters. The second-order valence-corrected chi connectivity index (χ2v) is 8.74. The maximum absolute atomic E-state index is 12.4. The maximum Gasteiger partial charge on any atom is 0.236 e. The first kappa shape index (κ1) is 18.4. The van der Waals surface area contributed by atoms with Crippen molar-refractivity contribution in [3.05, 3.63) is 58.1 Å². The van der Waals surface area contributed by atoms with E-state index in [1.54, 1.807) is 30.3 Å². The van der Waals surface area contributed by atoms with Gasteiger partial charge in [0.15, 0.2) is 0 Å². The van der Waals surface area contributed by atoms with E-state index in [1.807, 2.05) is 12.1 Å². The van der Waals surface area contributed by atoms with Crippen molar-refractivity contribution >= 4 is 44.6 Å². The topological polar surface area (TPSA) is 49.4 Å². The van der Waals surface area contributed by atoms with E-state index in [-0.39, 0.29) is 5.75 Å². The molecule has 1 heterocycles. The fourth-order valence-electron chi connectivity index (χ4n) is 2.96. The van der Waals surface area contributed by atoms with Crippen molar-refractivity contribution in [1.29, 1.82) is 0 Å². The van der Waals surface area contributed by atoms with E-state index in [0.717, 1.165) is 18.8 Å². The van der Waals surface area contributed by atoms with Crippen LogP contribution in [0.5, 0.6) is 0 Å². The Labute approximate surface area is 158 Å². The molecular formula is C18H20Cl2N2O2S. The van der Waals surface area contributed by atoms with Gasteiger partial charge < -0.3 is 4.90 Å². The zero-order valence-electron chi connectivity index (χ0n) is 13.7. The zero-order chi connectivity index (χ0) is 17.9. The average molecular weight is 399 g/mol. The van der Waals surface area contributed by atoms with Crippen LogP contribution in [0.2, 0.25) is 10.0 Å². The van der Waals surface area contributed by atoms with Gasteiger partial charge in [0.05, 0.1) is 15.8 Å². The highest BCUT2D eigenvalue weighted by molar-refractivity contribution is 7.91. The molecule has 2 aromatic rings. The Hall–Kier alpha value is -1.43. The van der Waals surface area contributed by atoms with Crippen LogP contribution in [-0.4, -0.2) is 21.5 Å². The third-order valence-electron chi connectivity index (χ3n) is 4.20. The third-order valence-corrected chi connectivity index (χ3v) is 6.20. The summed E-state index contributed by atoms with van der Waals surface area (Å²) in [6, 6.07) is 12.4. The molecule has 0 aliphatic carbocycles. The van der Waals surface area contributed by atoms with Gasteiger partial charge in [-0.2, -0.15) is 0 Å². The first-order valence-electron chi connectivity index (χ1n) is 8.22. The van der Waals surface area contributed by atoms with Crippen molar-refractivity contribution in [2.24, 2.45) is 0 Å². The Kier molecular flexibility index (Phi) is 5.77. The molecule has 0 bridgehead atoms. The molecule has 1 saturated heterocycles. The molecule has 0 spiro atoms. The van der Waals surface area contributed by atoms with Gasteiger partial charge in [0, 0.05) is 24.5 Å². The summed E-state index contributed by atoms with van der Waals surface area (Å²) in [5.74, 6) is -0.155. The maximum atomic E-state index is 12.4. The van der Waals surface area contributed by atoms with Gasteiger partial charge in [-0.15, -0.1) is 0 Å². The number of piperidine rings is 1. The molecule has 2 aromatic carbocycles. The monoisotopic (exact) mass is 398 g/mol. The van der Waals surface area contributed by atoms with Gasteiger partial charge >= 0.3 is 0 Å². The van der Waals surface area contributed by atoms with Crippen molar-refractivity contribution < 1.29 is 8.42 Å².